The number of nitrogens with one attached hydrogen (secondary N) is 1. The van der Waals surface area contributed by atoms with Gasteiger partial charge in [-0.15, -0.1) is 0 Å². The molecule has 1 N–H and O–H groups in total. The van der Waals surface area contributed by atoms with Crippen molar-refractivity contribution in [2.45, 2.75) is 46.0 Å². The molecule has 166 valence electrons. The minimum atomic E-state index is -4.71. The van der Waals surface area contributed by atoms with Gasteiger partial charge >= 0.3 is 6.18 Å². The second-order valence-corrected chi connectivity index (χ2v) is 7.31. The van der Waals surface area contributed by atoms with E-state index in [1.807, 2.05) is 39.0 Å². The molecular formula is C23H25F3N2O3. The lowest BCUT2D eigenvalue weighted by Crippen LogP contribution is -2.39. The molecule has 0 saturated carbocycles. The van der Waals surface area contributed by atoms with Crippen LogP contribution in [0.4, 0.5) is 13.2 Å². The summed E-state index contributed by atoms with van der Waals surface area (Å²) in [6, 6.07) is 11.8. The highest BCUT2D eigenvalue weighted by molar-refractivity contribution is 5.81. The first-order chi connectivity index (χ1) is 14.7. The van der Waals surface area contributed by atoms with Crippen molar-refractivity contribution in [1.82, 2.24) is 5.32 Å². The maximum absolute atomic E-state index is 13.2. The number of halogens is 3. The van der Waals surface area contributed by atoms with Gasteiger partial charge in [0, 0.05) is 12.1 Å². The van der Waals surface area contributed by atoms with E-state index >= 15 is 0 Å². The van der Waals surface area contributed by atoms with Crippen molar-refractivity contribution in [3.8, 4) is 17.6 Å². The predicted molar refractivity (Wildman–Crippen MR) is 109 cm³/mol. The van der Waals surface area contributed by atoms with Crippen molar-refractivity contribution < 1.29 is 27.4 Å². The largest absolute Gasteiger partial charge is 0.494 e. The predicted octanol–water partition coefficient (Wildman–Crippen LogP) is 5.09. The number of hydrogen-bond acceptors (Lipinski definition) is 4. The normalized spacial score (nSPS) is 12.2. The molecule has 0 aliphatic rings. The van der Waals surface area contributed by atoms with E-state index < -0.39 is 29.3 Å². The van der Waals surface area contributed by atoms with Crippen LogP contribution in [0.3, 0.4) is 0 Å². The van der Waals surface area contributed by atoms with Gasteiger partial charge in [-0.1, -0.05) is 32.0 Å². The number of ether oxygens (including phenoxy) is 2. The molecule has 2 aromatic rings. The fraction of sp³-hybridized carbons (Fsp3) is 0.391. The van der Waals surface area contributed by atoms with Crippen LogP contribution in [0.5, 0.6) is 11.5 Å². The van der Waals surface area contributed by atoms with Gasteiger partial charge in [0.25, 0.3) is 5.91 Å². The Morgan fingerprint density at radius 2 is 1.90 bits per heavy atom. The number of alkyl halides is 3. The molecule has 0 fully saturated rings. The molecule has 0 spiro atoms. The van der Waals surface area contributed by atoms with Gasteiger partial charge in [-0.25, -0.2) is 0 Å². The van der Waals surface area contributed by atoms with Gasteiger partial charge in [-0.3, -0.25) is 4.79 Å². The SMILES string of the molecule is CCOc1ccccc1CNC(=O)C(CC(C)C)Oc1ccc(C#N)c(C(F)(F)F)c1. The van der Waals surface area contributed by atoms with Gasteiger partial charge in [0.15, 0.2) is 6.10 Å². The highest BCUT2D eigenvalue weighted by Gasteiger charge is 2.34. The number of amides is 1. The zero-order valence-electron chi connectivity index (χ0n) is 17.6. The number of nitrogens with zero attached hydrogens (tertiary/aromatic N) is 1. The molecule has 1 atom stereocenters. The van der Waals surface area contributed by atoms with E-state index in [1.165, 1.54) is 12.1 Å². The zero-order chi connectivity index (χ0) is 23.0. The Labute approximate surface area is 179 Å². The number of benzene rings is 2. The average Bonchev–Trinajstić information content (AvgIpc) is 2.71. The molecule has 8 heteroatoms. The summed E-state index contributed by atoms with van der Waals surface area (Å²) in [5, 5.41) is 11.7. The first-order valence-electron chi connectivity index (χ1n) is 9.92. The van der Waals surface area contributed by atoms with Crippen LogP contribution in [0.25, 0.3) is 0 Å². The molecule has 0 aliphatic carbocycles. The molecule has 0 heterocycles. The van der Waals surface area contributed by atoms with E-state index in [1.54, 1.807) is 6.07 Å². The van der Waals surface area contributed by atoms with Crippen LogP contribution in [0, 0.1) is 17.2 Å². The summed E-state index contributed by atoms with van der Waals surface area (Å²) in [5.74, 6) is 0.139. The molecule has 1 amide bonds. The van der Waals surface area contributed by atoms with Crippen molar-refractivity contribution in [2.75, 3.05) is 6.61 Å². The highest BCUT2D eigenvalue weighted by atomic mass is 19.4. The number of nitriles is 1. The molecule has 0 aliphatic heterocycles. The minimum absolute atomic E-state index is 0.0620. The molecule has 31 heavy (non-hydrogen) atoms. The van der Waals surface area contributed by atoms with Crippen molar-refractivity contribution >= 4 is 5.91 Å². The summed E-state index contributed by atoms with van der Waals surface area (Å²) < 4.78 is 50.9. The van der Waals surface area contributed by atoms with Gasteiger partial charge in [0.05, 0.1) is 23.8 Å². The lowest BCUT2D eigenvalue weighted by molar-refractivity contribution is -0.137. The summed E-state index contributed by atoms with van der Waals surface area (Å²) in [6.45, 7) is 6.29. The second kappa shape index (κ2) is 10.7. The van der Waals surface area contributed by atoms with E-state index in [9.17, 15) is 18.0 Å². The Bertz CT molecular complexity index is 936. The van der Waals surface area contributed by atoms with Crippen molar-refractivity contribution in [1.29, 1.82) is 5.26 Å². The van der Waals surface area contributed by atoms with Crippen LogP contribution in [0.2, 0.25) is 0 Å². The number of carbonyl (C=O) groups excluding carboxylic acids is 1. The van der Waals surface area contributed by atoms with Crippen LogP contribution in [-0.4, -0.2) is 18.6 Å². The van der Waals surface area contributed by atoms with Crippen molar-refractivity contribution in [3.63, 3.8) is 0 Å². The number of hydrogen-bond donors (Lipinski definition) is 1. The molecule has 1 unspecified atom stereocenters. The first-order valence-corrected chi connectivity index (χ1v) is 9.92. The molecule has 0 aromatic heterocycles. The fourth-order valence-corrected chi connectivity index (χ4v) is 2.97. The van der Waals surface area contributed by atoms with E-state index in [0.29, 0.717) is 18.8 Å². The molecule has 2 rings (SSSR count). The van der Waals surface area contributed by atoms with Gasteiger partial charge in [0.2, 0.25) is 0 Å². The topological polar surface area (TPSA) is 71.3 Å². The van der Waals surface area contributed by atoms with Crippen LogP contribution in [-0.2, 0) is 17.5 Å². The Morgan fingerprint density at radius 3 is 2.52 bits per heavy atom. The van der Waals surface area contributed by atoms with Gasteiger partial charge < -0.3 is 14.8 Å². The third-order valence-corrected chi connectivity index (χ3v) is 4.40. The molecule has 0 bridgehead atoms. The Hall–Kier alpha value is -3.21. The number of para-hydroxylation sites is 1. The van der Waals surface area contributed by atoms with Crippen molar-refractivity contribution in [3.05, 3.63) is 59.2 Å². The lowest BCUT2D eigenvalue weighted by Gasteiger charge is -2.21. The first kappa shape index (κ1) is 24.1. The van der Waals surface area contributed by atoms with Crippen molar-refractivity contribution in [2.24, 2.45) is 5.92 Å². The summed E-state index contributed by atoms with van der Waals surface area (Å²) in [5.41, 5.74) is -0.821. The Morgan fingerprint density at radius 1 is 1.19 bits per heavy atom. The second-order valence-electron chi connectivity index (χ2n) is 7.31. The van der Waals surface area contributed by atoms with E-state index in [0.717, 1.165) is 17.7 Å². The third-order valence-electron chi connectivity index (χ3n) is 4.40. The lowest BCUT2D eigenvalue weighted by atomic mass is 10.0. The summed E-state index contributed by atoms with van der Waals surface area (Å²) in [7, 11) is 0. The fourth-order valence-electron chi connectivity index (χ4n) is 2.97. The van der Waals surface area contributed by atoms with E-state index in [-0.39, 0.29) is 18.2 Å². The molecule has 0 radical (unpaired) electrons. The quantitative estimate of drug-likeness (QED) is 0.597. The Kier molecular flexibility index (Phi) is 8.31. The molecule has 5 nitrogen and oxygen atoms in total. The third kappa shape index (κ3) is 6.92. The molecule has 2 aromatic carbocycles. The van der Waals surface area contributed by atoms with Crippen LogP contribution >= 0.6 is 0 Å². The van der Waals surface area contributed by atoms with E-state index in [4.69, 9.17) is 14.7 Å². The summed E-state index contributed by atoms with van der Waals surface area (Å²) >= 11 is 0. The summed E-state index contributed by atoms with van der Waals surface area (Å²) in [6.07, 6.45) is -5.39. The monoisotopic (exact) mass is 434 g/mol. The average molecular weight is 434 g/mol. The highest BCUT2D eigenvalue weighted by Crippen LogP contribution is 2.34. The van der Waals surface area contributed by atoms with Gasteiger partial charge in [-0.05, 0) is 43.5 Å². The van der Waals surface area contributed by atoms with E-state index in [2.05, 4.69) is 5.32 Å². The van der Waals surface area contributed by atoms with Gasteiger partial charge in [0.1, 0.15) is 11.5 Å². The maximum atomic E-state index is 13.2. The molecule has 0 saturated heterocycles. The van der Waals surface area contributed by atoms with Gasteiger partial charge in [-0.2, -0.15) is 18.4 Å². The van der Waals surface area contributed by atoms with Crippen LogP contribution < -0.4 is 14.8 Å². The minimum Gasteiger partial charge on any atom is -0.494 e. The smallest absolute Gasteiger partial charge is 0.417 e. The van der Waals surface area contributed by atoms with Crippen LogP contribution in [0.15, 0.2) is 42.5 Å². The molecular weight excluding hydrogens is 409 g/mol. The maximum Gasteiger partial charge on any atom is 0.417 e. The number of carbonyl (C=O) groups is 1. The van der Waals surface area contributed by atoms with Crippen LogP contribution in [0.1, 0.15) is 43.9 Å². The standard InChI is InChI=1S/C23H25F3N2O3/c1-4-30-20-8-6-5-7-17(20)14-28-22(29)21(11-15(2)3)31-18-10-9-16(13-27)19(12-18)23(24,25)26/h5-10,12,15,21H,4,11,14H2,1-3H3,(H,28,29). The Balaban J connectivity index is 2.19. The summed E-state index contributed by atoms with van der Waals surface area (Å²) in [4.78, 5) is 12.8. The zero-order valence-corrected chi connectivity index (χ0v) is 17.6. The number of rotatable bonds is 9.